The lowest BCUT2D eigenvalue weighted by Gasteiger charge is -2.22. The van der Waals surface area contributed by atoms with E-state index in [-0.39, 0.29) is 19.3 Å². The smallest absolute Gasteiger partial charge is 0.407 e. The zero-order valence-corrected chi connectivity index (χ0v) is 14.8. The Morgan fingerprint density at radius 2 is 2.04 bits per heavy atom. The van der Waals surface area contributed by atoms with Crippen LogP contribution in [-0.2, 0) is 11.2 Å². The number of benzene rings is 1. The molecule has 0 aliphatic carbocycles. The molecule has 1 aromatic rings. The molecule has 0 saturated carbocycles. The molecule has 0 aliphatic heterocycles. The number of amides is 1. The van der Waals surface area contributed by atoms with E-state index in [0.29, 0.717) is 0 Å². The minimum absolute atomic E-state index is 0.00292. The number of ether oxygens (including phenoxy) is 2. The third-order valence-corrected chi connectivity index (χ3v) is 3.18. The van der Waals surface area contributed by atoms with Crippen LogP contribution >= 0.6 is 0 Å². The third-order valence-electron chi connectivity index (χ3n) is 3.18. The highest BCUT2D eigenvalue weighted by atomic mass is 16.6. The van der Waals surface area contributed by atoms with Crippen LogP contribution in [0.3, 0.4) is 0 Å². The van der Waals surface area contributed by atoms with E-state index in [4.69, 9.17) is 14.6 Å². The van der Waals surface area contributed by atoms with Crippen molar-refractivity contribution in [2.75, 3.05) is 13.2 Å². The Bertz CT molecular complexity index is 508. The van der Waals surface area contributed by atoms with Crippen LogP contribution in [0.4, 0.5) is 4.79 Å². The summed E-state index contributed by atoms with van der Waals surface area (Å²) in [6, 6.07) is 6.03. The van der Waals surface area contributed by atoms with E-state index < -0.39 is 11.7 Å². The highest BCUT2D eigenvalue weighted by Crippen LogP contribution is 2.22. The zero-order valence-electron chi connectivity index (χ0n) is 14.8. The van der Waals surface area contributed by atoms with Gasteiger partial charge < -0.3 is 19.9 Å². The van der Waals surface area contributed by atoms with E-state index in [1.165, 1.54) is 0 Å². The zero-order chi connectivity index (χ0) is 17.5. The lowest BCUT2D eigenvalue weighted by Crippen LogP contribution is -2.37. The second-order valence-electron chi connectivity index (χ2n) is 6.77. The second-order valence-corrected chi connectivity index (χ2v) is 6.77. The first kappa shape index (κ1) is 19.3. The number of aliphatic hydroxyl groups is 1. The summed E-state index contributed by atoms with van der Waals surface area (Å²) in [7, 11) is 0. The number of carbonyl (C=O) groups excluding carboxylic acids is 1. The molecule has 130 valence electrons. The second kappa shape index (κ2) is 8.77. The largest absolute Gasteiger partial charge is 0.491 e. The van der Waals surface area contributed by atoms with Crippen molar-refractivity contribution in [1.29, 1.82) is 0 Å². The van der Waals surface area contributed by atoms with E-state index in [9.17, 15) is 4.79 Å². The van der Waals surface area contributed by atoms with Crippen molar-refractivity contribution in [2.24, 2.45) is 0 Å². The van der Waals surface area contributed by atoms with Gasteiger partial charge in [-0.15, -0.1) is 0 Å². The summed E-state index contributed by atoms with van der Waals surface area (Å²) in [5.74, 6) is 0.795. The van der Waals surface area contributed by atoms with Gasteiger partial charge in [0.25, 0.3) is 0 Å². The van der Waals surface area contributed by atoms with Gasteiger partial charge in [-0.2, -0.15) is 0 Å². The number of hydrogen-bond acceptors (Lipinski definition) is 4. The van der Waals surface area contributed by atoms with Crippen molar-refractivity contribution in [3.05, 3.63) is 29.3 Å². The van der Waals surface area contributed by atoms with Crippen molar-refractivity contribution in [1.82, 2.24) is 5.32 Å². The predicted octanol–water partition coefficient (Wildman–Crippen LogP) is 3.21. The number of aryl methyl sites for hydroxylation is 2. The van der Waals surface area contributed by atoms with E-state index in [2.05, 4.69) is 5.32 Å². The third kappa shape index (κ3) is 7.88. The fraction of sp³-hybridized carbons (Fsp3) is 0.611. The standard InChI is InChI=1S/C18H29NO4/c1-13-6-8-15(16(12-13)22-11-10-20)9-7-14(2)19-17(21)23-18(3,4)5/h6,8,12,14,20H,7,9-11H2,1-5H3,(H,19,21)/t14-/m1/s1. The van der Waals surface area contributed by atoms with Crippen molar-refractivity contribution in [3.8, 4) is 5.75 Å². The van der Waals surface area contributed by atoms with Crippen LogP contribution in [0.1, 0.15) is 45.2 Å². The summed E-state index contributed by atoms with van der Waals surface area (Å²) in [4.78, 5) is 11.7. The Kier molecular flexibility index (Phi) is 7.36. The minimum Gasteiger partial charge on any atom is -0.491 e. The Labute approximate surface area is 139 Å². The molecular formula is C18H29NO4. The maximum atomic E-state index is 11.7. The number of rotatable bonds is 7. The van der Waals surface area contributed by atoms with Gasteiger partial charge in [-0.3, -0.25) is 0 Å². The van der Waals surface area contributed by atoms with Crippen LogP contribution in [0.5, 0.6) is 5.75 Å². The average molecular weight is 323 g/mol. The normalized spacial score (nSPS) is 12.6. The lowest BCUT2D eigenvalue weighted by atomic mass is 10.0. The molecule has 0 saturated heterocycles. The minimum atomic E-state index is -0.494. The fourth-order valence-electron chi connectivity index (χ4n) is 2.11. The van der Waals surface area contributed by atoms with Crippen LogP contribution in [0, 0.1) is 6.92 Å². The average Bonchev–Trinajstić information content (AvgIpc) is 2.41. The van der Waals surface area contributed by atoms with Crippen molar-refractivity contribution in [3.63, 3.8) is 0 Å². The molecule has 5 heteroatoms. The monoisotopic (exact) mass is 323 g/mol. The summed E-state index contributed by atoms with van der Waals surface area (Å²) >= 11 is 0. The van der Waals surface area contributed by atoms with Gasteiger partial charge in [0.1, 0.15) is 18.0 Å². The Morgan fingerprint density at radius 1 is 1.35 bits per heavy atom. The first-order valence-electron chi connectivity index (χ1n) is 8.04. The molecule has 1 atom stereocenters. The predicted molar refractivity (Wildman–Crippen MR) is 90.9 cm³/mol. The number of nitrogens with one attached hydrogen (secondary N) is 1. The molecule has 1 aromatic carbocycles. The van der Waals surface area contributed by atoms with Crippen LogP contribution < -0.4 is 10.1 Å². The highest BCUT2D eigenvalue weighted by Gasteiger charge is 2.17. The Morgan fingerprint density at radius 3 is 2.65 bits per heavy atom. The Balaban J connectivity index is 2.55. The summed E-state index contributed by atoms with van der Waals surface area (Å²) in [6.45, 7) is 9.75. The maximum Gasteiger partial charge on any atom is 0.407 e. The molecule has 1 amide bonds. The Hall–Kier alpha value is -1.75. The quantitative estimate of drug-likeness (QED) is 0.808. The van der Waals surface area contributed by atoms with Crippen LogP contribution in [0.25, 0.3) is 0 Å². The molecule has 0 aromatic heterocycles. The number of hydrogen-bond donors (Lipinski definition) is 2. The highest BCUT2D eigenvalue weighted by molar-refractivity contribution is 5.68. The van der Waals surface area contributed by atoms with Gasteiger partial charge in [0.05, 0.1) is 6.61 Å². The van der Waals surface area contributed by atoms with Crippen molar-refractivity contribution in [2.45, 2.75) is 59.1 Å². The molecular weight excluding hydrogens is 294 g/mol. The molecule has 0 spiro atoms. The van der Waals surface area contributed by atoms with Gasteiger partial charge in [-0.1, -0.05) is 12.1 Å². The number of carbonyl (C=O) groups is 1. The van der Waals surface area contributed by atoms with Gasteiger partial charge >= 0.3 is 6.09 Å². The van der Waals surface area contributed by atoms with Crippen molar-refractivity contribution >= 4 is 6.09 Å². The van der Waals surface area contributed by atoms with E-state index in [0.717, 1.165) is 29.7 Å². The molecule has 23 heavy (non-hydrogen) atoms. The van der Waals surface area contributed by atoms with Gasteiger partial charge in [0, 0.05) is 6.04 Å². The molecule has 0 heterocycles. The summed E-state index contributed by atoms with van der Waals surface area (Å²) < 4.78 is 10.8. The van der Waals surface area contributed by atoms with Gasteiger partial charge in [0.15, 0.2) is 0 Å². The van der Waals surface area contributed by atoms with Crippen LogP contribution in [-0.4, -0.2) is 36.1 Å². The fourth-order valence-corrected chi connectivity index (χ4v) is 2.11. The molecule has 0 aliphatic rings. The lowest BCUT2D eigenvalue weighted by molar-refractivity contribution is 0.0506. The molecule has 0 fully saturated rings. The molecule has 0 radical (unpaired) electrons. The first-order chi connectivity index (χ1) is 10.7. The van der Waals surface area contributed by atoms with E-state index in [1.807, 2.05) is 52.8 Å². The molecule has 0 unspecified atom stereocenters. The van der Waals surface area contributed by atoms with Gasteiger partial charge in [0.2, 0.25) is 0 Å². The topological polar surface area (TPSA) is 67.8 Å². The number of aliphatic hydroxyl groups excluding tert-OH is 1. The first-order valence-corrected chi connectivity index (χ1v) is 8.04. The summed E-state index contributed by atoms with van der Waals surface area (Å²) in [6.07, 6.45) is 1.15. The van der Waals surface area contributed by atoms with Gasteiger partial charge in [-0.05, 0) is 64.7 Å². The van der Waals surface area contributed by atoms with Crippen LogP contribution in [0.15, 0.2) is 18.2 Å². The SMILES string of the molecule is Cc1ccc(CC[C@@H](C)NC(=O)OC(C)(C)C)c(OCCO)c1. The molecule has 5 nitrogen and oxygen atoms in total. The maximum absolute atomic E-state index is 11.7. The van der Waals surface area contributed by atoms with Crippen LogP contribution in [0.2, 0.25) is 0 Å². The molecule has 2 N–H and O–H groups in total. The summed E-state index contributed by atoms with van der Waals surface area (Å²) in [5, 5.41) is 11.8. The van der Waals surface area contributed by atoms with Gasteiger partial charge in [-0.25, -0.2) is 4.79 Å². The molecule has 0 bridgehead atoms. The summed E-state index contributed by atoms with van der Waals surface area (Å²) in [5.41, 5.74) is 1.69. The van der Waals surface area contributed by atoms with Crippen molar-refractivity contribution < 1.29 is 19.4 Å². The van der Waals surface area contributed by atoms with E-state index >= 15 is 0 Å². The van der Waals surface area contributed by atoms with E-state index in [1.54, 1.807) is 0 Å². The number of alkyl carbamates (subject to hydrolysis) is 1. The molecule has 1 rings (SSSR count).